The molecule has 2 N–H and O–H groups in total. The van der Waals surface area contributed by atoms with E-state index in [9.17, 15) is 19.6 Å². The maximum atomic E-state index is 11.9. The van der Waals surface area contributed by atoms with Crippen molar-refractivity contribution in [3.05, 3.63) is 34.9 Å². The molecular weight excluding hydrogens is 287 g/mol. The average Bonchev–Trinajstić information content (AvgIpc) is 2.41. The van der Waals surface area contributed by atoms with Gasteiger partial charge in [0.2, 0.25) is 0 Å². The topological polar surface area (TPSA) is 93.1 Å². The van der Waals surface area contributed by atoms with Crippen molar-refractivity contribution in [3.63, 3.8) is 0 Å². The van der Waals surface area contributed by atoms with Crippen molar-refractivity contribution in [3.8, 4) is 0 Å². The van der Waals surface area contributed by atoms with Crippen LogP contribution in [0.25, 0.3) is 6.08 Å². The van der Waals surface area contributed by atoms with Crippen molar-refractivity contribution in [1.82, 2.24) is 0 Å². The largest absolute Gasteiger partial charge is 0.488 e. The molecule has 1 aliphatic heterocycles. The predicted octanol–water partition coefficient (Wildman–Crippen LogP) is 0.148. The molecule has 0 unspecified atom stereocenters. The molecule has 2 rings (SSSR count). The van der Waals surface area contributed by atoms with Gasteiger partial charge in [-0.05, 0) is 29.1 Å². The first-order valence-corrected chi connectivity index (χ1v) is 6.91. The fourth-order valence-electron chi connectivity index (χ4n) is 2.17. The van der Waals surface area contributed by atoms with Crippen molar-refractivity contribution in [2.75, 3.05) is 0 Å². The summed E-state index contributed by atoms with van der Waals surface area (Å²) in [4.78, 5) is 23.9. The minimum absolute atomic E-state index is 0.189. The summed E-state index contributed by atoms with van der Waals surface area (Å²) < 4.78 is 10.1. The van der Waals surface area contributed by atoms with Gasteiger partial charge in [-0.1, -0.05) is 25.1 Å². The summed E-state index contributed by atoms with van der Waals surface area (Å²) in [6.07, 6.45) is 1.99. The Labute approximate surface area is 128 Å². The third-order valence-electron chi connectivity index (χ3n) is 3.26. The van der Waals surface area contributed by atoms with Gasteiger partial charge in [-0.2, -0.15) is 0 Å². The number of esters is 2. The number of hydrogen-bond acceptors (Lipinski definition) is 6. The molecule has 0 aliphatic carbocycles. The molecule has 1 heterocycles. The normalized spacial score (nSPS) is 16.9. The lowest BCUT2D eigenvalue weighted by Gasteiger charge is -2.29. The van der Waals surface area contributed by atoms with Crippen LogP contribution in [0.3, 0.4) is 0 Å². The number of carbonyl (C=O) groups excluding carboxylic acids is 2. The molecule has 0 aromatic heterocycles. The van der Waals surface area contributed by atoms with Gasteiger partial charge < -0.3 is 19.5 Å². The zero-order valence-electron chi connectivity index (χ0n) is 12.6. The van der Waals surface area contributed by atoms with Gasteiger partial charge in [0.25, 0.3) is 5.79 Å². The molecule has 0 bridgehead atoms. The Balaban J connectivity index is 2.40. The molecular formula is C15H17BO6. The van der Waals surface area contributed by atoms with Gasteiger partial charge in [0.1, 0.15) is 5.57 Å². The molecule has 1 fully saturated rings. The summed E-state index contributed by atoms with van der Waals surface area (Å²) in [5, 5.41) is 18.4. The fraction of sp³-hybridized carbons (Fsp3) is 0.333. The fourth-order valence-corrected chi connectivity index (χ4v) is 2.17. The minimum atomic E-state index is -1.57. The Morgan fingerprint density at radius 3 is 2.27 bits per heavy atom. The molecule has 6 nitrogen and oxygen atoms in total. The number of benzene rings is 1. The monoisotopic (exact) mass is 304 g/mol. The van der Waals surface area contributed by atoms with Gasteiger partial charge in [0, 0.05) is 13.8 Å². The van der Waals surface area contributed by atoms with Crippen molar-refractivity contribution < 1.29 is 29.1 Å². The predicted molar refractivity (Wildman–Crippen MR) is 79.9 cm³/mol. The standard InChI is InChI=1S/C15H17BO6/c1-4-9-7-11(16(19)20)6-5-10(9)8-12-13(17)21-15(2,3)22-14(12)18/h5-8,19-20H,4H2,1-3H3. The number of rotatable bonds is 3. The van der Waals surface area contributed by atoms with Crippen LogP contribution >= 0.6 is 0 Å². The zero-order chi connectivity index (χ0) is 16.5. The van der Waals surface area contributed by atoms with E-state index in [0.29, 0.717) is 17.4 Å². The number of aryl methyl sites for hydroxylation is 1. The quantitative estimate of drug-likeness (QED) is 0.357. The van der Waals surface area contributed by atoms with E-state index in [2.05, 4.69) is 0 Å². The van der Waals surface area contributed by atoms with Crippen molar-refractivity contribution in [2.45, 2.75) is 33.0 Å². The lowest BCUT2D eigenvalue weighted by Crippen LogP contribution is -2.41. The number of cyclic esters (lactones) is 2. The number of ether oxygens (including phenoxy) is 2. The smallest absolute Gasteiger partial charge is 0.423 e. The molecule has 116 valence electrons. The van der Waals surface area contributed by atoms with Crippen LogP contribution in [0.5, 0.6) is 0 Å². The van der Waals surface area contributed by atoms with Crippen molar-refractivity contribution >= 4 is 30.6 Å². The summed E-state index contributed by atoms with van der Waals surface area (Å²) in [6, 6.07) is 4.74. The molecule has 0 radical (unpaired) electrons. The Kier molecular flexibility index (Phi) is 4.39. The SMILES string of the molecule is CCc1cc(B(O)O)ccc1C=C1C(=O)OC(C)(C)OC1=O. The molecule has 0 saturated carbocycles. The van der Waals surface area contributed by atoms with Crippen molar-refractivity contribution in [1.29, 1.82) is 0 Å². The molecule has 7 heteroatoms. The molecule has 1 aromatic rings. The second-order valence-electron chi connectivity index (χ2n) is 5.42. The summed E-state index contributed by atoms with van der Waals surface area (Å²) in [6.45, 7) is 4.84. The summed E-state index contributed by atoms with van der Waals surface area (Å²) in [7, 11) is -1.57. The third-order valence-corrected chi connectivity index (χ3v) is 3.26. The summed E-state index contributed by atoms with van der Waals surface area (Å²) in [5.74, 6) is -2.76. The van der Waals surface area contributed by atoms with Crippen LogP contribution in [0, 0.1) is 0 Å². The maximum absolute atomic E-state index is 11.9. The van der Waals surface area contributed by atoms with Crippen LogP contribution in [0.2, 0.25) is 0 Å². The molecule has 1 aromatic carbocycles. The lowest BCUT2D eigenvalue weighted by molar-refractivity contribution is -0.222. The van der Waals surface area contributed by atoms with E-state index >= 15 is 0 Å². The lowest BCUT2D eigenvalue weighted by atomic mass is 9.78. The van der Waals surface area contributed by atoms with Gasteiger partial charge in [-0.3, -0.25) is 0 Å². The van der Waals surface area contributed by atoms with Gasteiger partial charge in [0.05, 0.1) is 0 Å². The van der Waals surface area contributed by atoms with E-state index in [1.54, 1.807) is 12.1 Å². The first kappa shape index (κ1) is 16.3. The molecule has 22 heavy (non-hydrogen) atoms. The van der Waals surface area contributed by atoms with Gasteiger partial charge >= 0.3 is 19.1 Å². The van der Waals surface area contributed by atoms with E-state index in [-0.39, 0.29) is 5.57 Å². The van der Waals surface area contributed by atoms with Gasteiger partial charge in [0.15, 0.2) is 0 Å². The van der Waals surface area contributed by atoms with Gasteiger partial charge in [-0.15, -0.1) is 0 Å². The highest BCUT2D eigenvalue weighted by molar-refractivity contribution is 6.58. The zero-order valence-corrected chi connectivity index (χ0v) is 12.6. The van der Waals surface area contributed by atoms with E-state index in [1.807, 2.05) is 6.92 Å². The van der Waals surface area contributed by atoms with Crippen LogP contribution in [-0.4, -0.2) is 34.9 Å². The van der Waals surface area contributed by atoms with Crippen LogP contribution < -0.4 is 5.46 Å². The van der Waals surface area contributed by atoms with E-state index in [1.165, 1.54) is 26.0 Å². The van der Waals surface area contributed by atoms with E-state index < -0.39 is 24.8 Å². The maximum Gasteiger partial charge on any atom is 0.488 e. The van der Waals surface area contributed by atoms with E-state index in [0.717, 1.165) is 5.56 Å². The highest BCUT2D eigenvalue weighted by atomic mass is 16.7. The highest BCUT2D eigenvalue weighted by Gasteiger charge is 2.38. The second kappa shape index (κ2) is 5.94. The molecule has 1 saturated heterocycles. The first-order valence-electron chi connectivity index (χ1n) is 6.91. The van der Waals surface area contributed by atoms with Crippen LogP contribution in [0.1, 0.15) is 31.9 Å². The van der Waals surface area contributed by atoms with Crippen molar-refractivity contribution in [2.24, 2.45) is 0 Å². The van der Waals surface area contributed by atoms with Gasteiger partial charge in [-0.25, -0.2) is 9.59 Å². The first-order chi connectivity index (χ1) is 10.2. The molecule has 1 aliphatic rings. The Bertz CT molecular complexity index is 625. The summed E-state index contributed by atoms with van der Waals surface area (Å²) >= 11 is 0. The van der Waals surface area contributed by atoms with Crippen LogP contribution in [-0.2, 0) is 25.5 Å². The van der Waals surface area contributed by atoms with Crippen LogP contribution in [0.15, 0.2) is 23.8 Å². The number of carbonyl (C=O) groups is 2. The molecule has 0 amide bonds. The third kappa shape index (κ3) is 3.37. The highest BCUT2D eigenvalue weighted by Crippen LogP contribution is 2.24. The Hall–Kier alpha value is -2.12. The minimum Gasteiger partial charge on any atom is -0.423 e. The number of hydrogen-bond donors (Lipinski definition) is 2. The Morgan fingerprint density at radius 1 is 1.18 bits per heavy atom. The van der Waals surface area contributed by atoms with E-state index in [4.69, 9.17) is 9.47 Å². The molecule has 0 spiro atoms. The molecule has 0 atom stereocenters. The second-order valence-corrected chi connectivity index (χ2v) is 5.42. The average molecular weight is 304 g/mol. The van der Waals surface area contributed by atoms with Crippen LogP contribution in [0.4, 0.5) is 0 Å². The Morgan fingerprint density at radius 2 is 1.77 bits per heavy atom. The summed E-state index contributed by atoms with van der Waals surface area (Å²) in [5.41, 5.74) is 1.54.